The van der Waals surface area contributed by atoms with Crippen molar-refractivity contribution in [3.05, 3.63) is 24.3 Å². The maximum absolute atomic E-state index is 12.2. The highest BCUT2D eigenvalue weighted by molar-refractivity contribution is 5.85. The SMILES string of the molecule is COc1ccccc1OCC(=O)N1CCC(OCCCN)CC1.Cl. The number of halogens is 1. The van der Waals surface area contributed by atoms with Gasteiger partial charge in [-0.15, -0.1) is 12.4 Å². The number of benzene rings is 1. The quantitative estimate of drug-likeness (QED) is 0.718. The van der Waals surface area contributed by atoms with E-state index in [1.165, 1.54) is 0 Å². The number of para-hydroxylation sites is 2. The van der Waals surface area contributed by atoms with Gasteiger partial charge in [0.15, 0.2) is 18.1 Å². The summed E-state index contributed by atoms with van der Waals surface area (Å²) in [5, 5.41) is 0. The minimum Gasteiger partial charge on any atom is -0.493 e. The van der Waals surface area contributed by atoms with E-state index in [0.717, 1.165) is 19.3 Å². The third-order valence-corrected chi connectivity index (χ3v) is 3.92. The molecule has 6 nitrogen and oxygen atoms in total. The van der Waals surface area contributed by atoms with Gasteiger partial charge < -0.3 is 24.8 Å². The van der Waals surface area contributed by atoms with E-state index in [2.05, 4.69) is 0 Å². The monoisotopic (exact) mass is 358 g/mol. The van der Waals surface area contributed by atoms with Crippen molar-refractivity contribution in [2.45, 2.75) is 25.4 Å². The average Bonchev–Trinajstić information content (AvgIpc) is 2.60. The Balaban J connectivity index is 0.00000288. The number of nitrogens with zero attached hydrogens (tertiary/aromatic N) is 1. The fourth-order valence-electron chi connectivity index (χ4n) is 2.57. The standard InChI is InChI=1S/C17H26N2O4.ClH/c1-21-15-5-2-3-6-16(15)23-13-17(20)19-10-7-14(8-11-19)22-12-4-9-18;/h2-3,5-6,14H,4,7-13,18H2,1H3;1H. The van der Waals surface area contributed by atoms with Crippen LogP contribution < -0.4 is 15.2 Å². The number of hydrogen-bond acceptors (Lipinski definition) is 5. The number of amides is 1. The Morgan fingerprint density at radius 1 is 1.25 bits per heavy atom. The van der Waals surface area contributed by atoms with E-state index in [4.69, 9.17) is 19.9 Å². The molecule has 1 aliphatic rings. The molecule has 0 unspecified atom stereocenters. The van der Waals surface area contributed by atoms with Gasteiger partial charge in [0.05, 0.1) is 13.2 Å². The highest BCUT2D eigenvalue weighted by Gasteiger charge is 2.23. The van der Waals surface area contributed by atoms with Crippen LogP contribution >= 0.6 is 12.4 Å². The van der Waals surface area contributed by atoms with Crippen molar-refractivity contribution in [3.63, 3.8) is 0 Å². The van der Waals surface area contributed by atoms with E-state index in [0.29, 0.717) is 37.7 Å². The first-order valence-electron chi connectivity index (χ1n) is 8.10. The topological polar surface area (TPSA) is 74.0 Å². The molecule has 0 bridgehead atoms. The summed E-state index contributed by atoms with van der Waals surface area (Å²) in [4.78, 5) is 14.1. The lowest BCUT2D eigenvalue weighted by molar-refractivity contribution is -0.136. The summed E-state index contributed by atoms with van der Waals surface area (Å²) in [5.74, 6) is 1.21. The summed E-state index contributed by atoms with van der Waals surface area (Å²) < 4.78 is 16.5. The van der Waals surface area contributed by atoms with Gasteiger partial charge in [-0.3, -0.25) is 4.79 Å². The lowest BCUT2D eigenvalue weighted by Crippen LogP contribution is -2.43. The maximum Gasteiger partial charge on any atom is 0.260 e. The van der Waals surface area contributed by atoms with E-state index in [1.807, 2.05) is 23.1 Å². The first kappa shape index (κ1) is 20.5. The first-order valence-corrected chi connectivity index (χ1v) is 8.10. The van der Waals surface area contributed by atoms with Crippen molar-refractivity contribution in [3.8, 4) is 11.5 Å². The zero-order valence-electron chi connectivity index (χ0n) is 14.1. The molecule has 0 spiro atoms. The van der Waals surface area contributed by atoms with Crippen LogP contribution in [-0.2, 0) is 9.53 Å². The van der Waals surface area contributed by atoms with E-state index >= 15 is 0 Å². The highest BCUT2D eigenvalue weighted by atomic mass is 35.5. The van der Waals surface area contributed by atoms with Crippen LogP contribution in [0, 0.1) is 0 Å². The molecule has 1 aromatic rings. The average molecular weight is 359 g/mol. The van der Waals surface area contributed by atoms with Crippen molar-refractivity contribution in [1.82, 2.24) is 4.90 Å². The van der Waals surface area contributed by atoms with Gasteiger partial charge in [-0.1, -0.05) is 12.1 Å². The van der Waals surface area contributed by atoms with Crippen molar-refractivity contribution >= 4 is 18.3 Å². The molecule has 1 amide bonds. The number of nitrogens with two attached hydrogens (primary N) is 1. The molecule has 0 atom stereocenters. The van der Waals surface area contributed by atoms with Crippen LogP contribution in [0.5, 0.6) is 11.5 Å². The second-order valence-corrected chi connectivity index (χ2v) is 5.53. The van der Waals surface area contributed by atoms with Crippen LogP contribution in [0.15, 0.2) is 24.3 Å². The molecule has 0 radical (unpaired) electrons. The lowest BCUT2D eigenvalue weighted by Gasteiger charge is -2.32. The largest absolute Gasteiger partial charge is 0.493 e. The molecule has 136 valence electrons. The number of ether oxygens (including phenoxy) is 3. The summed E-state index contributed by atoms with van der Waals surface area (Å²) in [5.41, 5.74) is 5.45. The molecule has 0 saturated carbocycles. The summed E-state index contributed by atoms with van der Waals surface area (Å²) in [6.07, 6.45) is 2.85. The number of rotatable bonds is 8. The number of hydrogen-bond donors (Lipinski definition) is 1. The number of methoxy groups -OCH3 is 1. The van der Waals surface area contributed by atoms with Crippen molar-refractivity contribution in [2.75, 3.05) is 40.0 Å². The van der Waals surface area contributed by atoms with E-state index in [1.54, 1.807) is 13.2 Å². The molecular formula is C17H27ClN2O4. The smallest absolute Gasteiger partial charge is 0.260 e. The molecule has 1 fully saturated rings. The van der Waals surface area contributed by atoms with Gasteiger partial charge >= 0.3 is 0 Å². The molecule has 1 heterocycles. The minimum absolute atomic E-state index is 0. The minimum atomic E-state index is -0.00341. The van der Waals surface area contributed by atoms with E-state index in [-0.39, 0.29) is 31.0 Å². The number of carbonyl (C=O) groups excluding carboxylic acids is 1. The van der Waals surface area contributed by atoms with E-state index < -0.39 is 0 Å². The van der Waals surface area contributed by atoms with Gasteiger partial charge in [0.25, 0.3) is 5.91 Å². The Morgan fingerprint density at radius 3 is 2.54 bits per heavy atom. The van der Waals surface area contributed by atoms with Gasteiger partial charge in [-0.05, 0) is 37.9 Å². The molecule has 0 aliphatic carbocycles. The Hall–Kier alpha value is -1.50. The Morgan fingerprint density at radius 2 is 1.92 bits per heavy atom. The Labute approximate surface area is 149 Å². The molecule has 1 saturated heterocycles. The fourth-order valence-corrected chi connectivity index (χ4v) is 2.57. The van der Waals surface area contributed by atoms with Gasteiger partial charge in [0, 0.05) is 19.7 Å². The second-order valence-electron chi connectivity index (χ2n) is 5.53. The van der Waals surface area contributed by atoms with Crippen molar-refractivity contribution < 1.29 is 19.0 Å². The fraction of sp³-hybridized carbons (Fsp3) is 0.588. The highest BCUT2D eigenvalue weighted by Crippen LogP contribution is 2.25. The second kappa shape index (κ2) is 11.1. The van der Waals surface area contributed by atoms with Gasteiger partial charge in [0.1, 0.15) is 0 Å². The first-order chi connectivity index (χ1) is 11.2. The summed E-state index contributed by atoms with van der Waals surface area (Å²) >= 11 is 0. The molecular weight excluding hydrogens is 332 g/mol. The summed E-state index contributed by atoms with van der Waals surface area (Å²) in [6, 6.07) is 7.32. The van der Waals surface area contributed by atoms with E-state index in [9.17, 15) is 4.79 Å². The zero-order valence-corrected chi connectivity index (χ0v) is 14.9. The normalized spacial score (nSPS) is 14.8. The van der Waals surface area contributed by atoms with Gasteiger partial charge in [-0.2, -0.15) is 0 Å². The zero-order chi connectivity index (χ0) is 16.5. The third kappa shape index (κ3) is 6.19. The number of carbonyl (C=O) groups is 1. The molecule has 1 aromatic carbocycles. The van der Waals surface area contributed by atoms with Gasteiger partial charge in [-0.25, -0.2) is 0 Å². The number of piperidine rings is 1. The number of likely N-dealkylation sites (tertiary alicyclic amines) is 1. The molecule has 24 heavy (non-hydrogen) atoms. The summed E-state index contributed by atoms with van der Waals surface area (Å²) in [6.45, 7) is 2.80. The predicted octanol–water partition coefficient (Wildman–Crippen LogP) is 1.85. The Kier molecular flexibility index (Phi) is 9.52. The molecule has 2 N–H and O–H groups in total. The van der Waals surface area contributed by atoms with Crippen LogP contribution in [0.2, 0.25) is 0 Å². The Bertz CT molecular complexity index is 493. The predicted molar refractivity (Wildman–Crippen MR) is 95.0 cm³/mol. The summed E-state index contributed by atoms with van der Waals surface area (Å²) in [7, 11) is 1.58. The van der Waals surface area contributed by atoms with Crippen LogP contribution in [0.3, 0.4) is 0 Å². The lowest BCUT2D eigenvalue weighted by atomic mass is 10.1. The molecule has 7 heteroatoms. The van der Waals surface area contributed by atoms with Crippen LogP contribution in [0.4, 0.5) is 0 Å². The molecule has 2 rings (SSSR count). The van der Waals surface area contributed by atoms with Crippen LogP contribution in [-0.4, -0.2) is 56.9 Å². The van der Waals surface area contributed by atoms with Crippen LogP contribution in [0.1, 0.15) is 19.3 Å². The maximum atomic E-state index is 12.2. The van der Waals surface area contributed by atoms with Crippen molar-refractivity contribution in [1.29, 1.82) is 0 Å². The van der Waals surface area contributed by atoms with Crippen LogP contribution in [0.25, 0.3) is 0 Å². The molecule has 1 aliphatic heterocycles. The third-order valence-electron chi connectivity index (χ3n) is 3.92. The van der Waals surface area contributed by atoms with Gasteiger partial charge in [0.2, 0.25) is 0 Å². The van der Waals surface area contributed by atoms with Crippen molar-refractivity contribution in [2.24, 2.45) is 5.73 Å². The molecule has 0 aromatic heterocycles.